The van der Waals surface area contributed by atoms with Crippen LogP contribution in [0.25, 0.3) is 10.8 Å². The number of hydrogen-bond acceptors (Lipinski definition) is 5. The summed E-state index contributed by atoms with van der Waals surface area (Å²) in [7, 11) is 1.64. The van der Waals surface area contributed by atoms with E-state index in [9.17, 15) is 4.79 Å². The topological polar surface area (TPSA) is 57.2 Å². The molecule has 0 bridgehead atoms. The van der Waals surface area contributed by atoms with Gasteiger partial charge >= 0.3 is 0 Å². The molecule has 1 saturated heterocycles. The normalized spacial score (nSPS) is 15.4. The molecule has 160 valence electrons. The third-order valence-corrected chi connectivity index (χ3v) is 5.61. The predicted molar refractivity (Wildman–Crippen MR) is 124 cm³/mol. The molecular formula is C25H28N4O2. The van der Waals surface area contributed by atoms with E-state index in [4.69, 9.17) is 4.74 Å². The van der Waals surface area contributed by atoms with E-state index in [1.165, 1.54) is 5.56 Å². The first-order chi connectivity index (χ1) is 15.2. The lowest BCUT2D eigenvalue weighted by molar-refractivity contribution is -0.122. The minimum absolute atomic E-state index is 0.105. The maximum atomic E-state index is 12.4. The third kappa shape index (κ3) is 5.48. The molecule has 1 fully saturated rings. The summed E-state index contributed by atoms with van der Waals surface area (Å²) in [6, 6.07) is 22.5. The number of rotatable bonds is 7. The summed E-state index contributed by atoms with van der Waals surface area (Å²) in [5.74, 6) is 0.623. The van der Waals surface area contributed by atoms with Crippen LogP contribution in [-0.2, 0) is 11.3 Å². The fourth-order valence-electron chi connectivity index (χ4n) is 3.94. The average molecular weight is 417 g/mol. The van der Waals surface area contributed by atoms with Crippen LogP contribution in [0.4, 0.5) is 0 Å². The first-order valence-electron chi connectivity index (χ1n) is 10.6. The van der Waals surface area contributed by atoms with Crippen molar-refractivity contribution in [1.82, 2.24) is 15.2 Å². The minimum Gasteiger partial charge on any atom is -0.496 e. The molecule has 6 heteroatoms. The van der Waals surface area contributed by atoms with Gasteiger partial charge in [0.2, 0.25) is 0 Å². The lowest BCUT2D eigenvalue weighted by Gasteiger charge is -2.34. The summed E-state index contributed by atoms with van der Waals surface area (Å²) >= 11 is 0. The Kier molecular flexibility index (Phi) is 6.92. The highest BCUT2D eigenvalue weighted by Gasteiger charge is 2.18. The van der Waals surface area contributed by atoms with E-state index in [-0.39, 0.29) is 5.91 Å². The molecule has 0 saturated carbocycles. The molecule has 0 aromatic heterocycles. The molecule has 31 heavy (non-hydrogen) atoms. The second-order valence-electron chi connectivity index (χ2n) is 7.73. The van der Waals surface area contributed by atoms with Crippen LogP contribution in [-0.4, -0.2) is 61.8 Å². The summed E-state index contributed by atoms with van der Waals surface area (Å²) in [6.45, 7) is 4.97. The average Bonchev–Trinajstić information content (AvgIpc) is 2.81. The zero-order valence-electron chi connectivity index (χ0n) is 17.8. The highest BCUT2D eigenvalue weighted by molar-refractivity contribution is 6.02. The number of nitrogens with one attached hydrogen (secondary N) is 1. The number of hydrazone groups is 1. The Balaban J connectivity index is 1.28. The number of hydrogen-bond donors (Lipinski definition) is 1. The van der Waals surface area contributed by atoms with E-state index in [0.29, 0.717) is 6.54 Å². The SMILES string of the molecule is COc1ccc2ccccc2c1/C=N\NC(=O)CN1CCN(Cc2ccccc2)CC1. The van der Waals surface area contributed by atoms with E-state index in [1.807, 2.05) is 42.5 Å². The number of benzene rings is 3. The van der Waals surface area contributed by atoms with Crippen molar-refractivity contribution in [2.75, 3.05) is 39.8 Å². The van der Waals surface area contributed by atoms with Crippen LogP contribution in [0.3, 0.4) is 0 Å². The standard InChI is InChI=1S/C25H28N4O2/c1-31-24-12-11-21-9-5-6-10-22(21)23(24)17-26-27-25(30)19-29-15-13-28(14-16-29)18-20-7-3-2-4-8-20/h2-12,17H,13-16,18-19H2,1H3,(H,27,30)/b26-17-. The number of nitrogens with zero attached hydrogens (tertiary/aromatic N) is 3. The lowest BCUT2D eigenvalue weighted by atomic mass is 10.0. The number of piperazine rings is 1. The number of amides is 1. The summed E-state index contributed by atoms with van der Waals surface area (Å²) in [6.07, 6.45) is 1.66. The molecular weight excluding hydrogens is 388 g/mol. The van der Waals surface area contributed by atoms with Gasteiger partial charge in [-0.1, -0.05) is 60.7 Å². The van der Waals surface area contributed by atoms with E-state index < -0.39 is 0 Å². The fraction of sp³-hybridized carbons (Fsp3) is 0.280. The number of ether oxygens (including phenoxy) is 1. The Morgan fingerprint density at radius 1 is 0.968 bits per heavy atom. The Hall–Kier alpha value is -3.22. The minimum atomic E-state index is -0.105. The van der Waals surface area contributed by atoms with E-state index in [2.05, 4.69) is 44.6 Å². The molecule has 3 aromatic rings. The molecule has 0 radical (unpaired) electrons. The quantitative estimate of drug-likeness (QED) is 0.475. The Bertz CT molecular complexity index is 1040. The molecule has 0 aliphatic carbocycles. The van der Waals surface area contributed by atoms with Crippen molar-refractivity contribution in [3.8, 4) is 5.75 Å². The third-order valence-electron chi connectivity index (χ3n) is 5.61. The van der Waals surface area contributed by atoms with Gasteiger partial charge in [0.25, 0.3) is 5.91 Å². The molecule has 1 aliphatic rings. The highest BCUT2D eigenvalue weighted by Crippen LogP contribution is 2.26. The van der Waals surface area contributed by atoms with Gasteiger partial charge in [-0.05, 0) is 22.4 Å². The molecule has 0 spiro atoms. The monoisotopic (exact) mass is 416 g/mol. The van der Waals surface area contributed by atoms with Gasteiger partial charge in [0.05, 0.1) is 19.9 Å². The molecule has 1 aliphatic heterocycles. The summed E-state index contributed by atoms with van der Waals surface area (Å²) in [4.78, 5) is 17.0. The van der Waals surface area contributed by atoms with Gasteiger partial charge < -0.3 is 4.74 Å². The number of carbonyl (C=O) groups is 1. The molecule has 1 amide bonds. The number of methoxy groups -OCH3 is 1. The van der Waals surface area contributed by atoms with Gasteiger partial charge in [0.15, 0.2) is 0 Å². The van der Waals surface area contributed by atoms with Crippen LogP contribution in [0, 0.1) is 0 Å². The van der Waals surface area contributed by atoms with Gasteiger partial charge in [-0.15, -0.1) is 0 Å². The van der Waals surface area contributed by atoms with E-state index >= 15 is 0 Å². The van der Waals surface area contributed by atoms with Gasteiger partial charge in [0, 0.05) is 38.3 Å². The van der Waals surface area contributed by atoms with Crippen LogP contribution in [0.5, 0.6) is 5.75 Å². The van der Waals surface area contributed by atoms with Crippen LogP contribution >= 0.6 is 0 Å². The molecule has 0 unspecified atom stereocenters. The van der Waals surface area contributed by atoms with Gasteiger partial charge in [-0.3, -0.25) is 14.6 Å². The molecule has 6 nitrogen and oxygen atoms in total. The summed E-state index contributed by atoms with van der Waals surface area (Å²) in [5.41, 5.74) is 4.85. The van der Waals surface area contributed by atoms with E-state index in [0.717, 1.165) is 54.8 Å². The Morgan fingerprint density at radius 2 is 1.68 bits per heavy atom. The van der Waals surface area contributed by atoms with Gasteiger partial charge in [-0.25, -0.2) is 5.43 Å². The maximum Gasteiger partial charge on any atom is 0.254 e. The van der Waals surface area contributed by atoms with Crippen molar-refractivity contribution in [1.29, 1.82) is 0 Å². The Labute approximate surface area is 183 Å². The zero-order chi connectivity index (χ0) is 21.5. The molecule has 4 rings (SSSR count). The second-order valence-corrected chi connectivity index (χ2v) is 7.73. The predicted octanol–water partition coefficient (Wildman–Crippen LogP) is 3.12. The fourth-order valence-corrected chi connectivity index (χ4v) is 3.94. The zero-order valence-corrected chi connectivity index (χ0v) is 17.8. The summed E-state index contributed by atoms with van der Waals surface area (Å²) in [5, 5.41) is 6.33. The largest absolute Gasteiger partial charge is 0.496 e. The molecule has 3 aromatic carbocycles. The van der Waals surface area contributed by atoms with Gasteiger partial charge in [-0.2, -0.15) is 5.10 Å². The van der Waals surface area contributed by atoms with Crippen LogP contribution in [0.1, 0.15) is 11.1 Å². The Morgan fingerprint density at radius 3 is 2.45 bits per heavy atom. The number of carbonyl (C=O) groups excluding carboxylic acids is 1. The van der Waals surface area contributed by atoms with Crippen molar-refractivity contribution < 1.29 is 9.53 Å². The molecule has 1 N–H and O–H groups in total. The summed E-state index contributed by atoms with van der Waals surface area (Å²) < 4.78 is 5.47. The van der Waals surface area contributed by atoms with Crippen molar-refractivity contribution >= 4 is 22.9 Å². The highest BCUT2D eigenvalue weighted by atomic mass is 16.5. The lowest BCUT2D eigenvalue weighted by Crippen LogP contribution is -2.48. The molecule has 0 atom stereocenters. The van der Waals surface area contributed by atoms with Crippen molar-refractivity contribution in [2.45, 2.75) is 6.54 Å². The van der Waals surface area contributed by atoms with Gasteiger partial charge in [0.1, 0.15) is 5.75 Å². The van der Waals surface area contributed by atoms with Crippen molar-refractivity contribution in [3.05, 3.63) is 77.9 Å². The molecule has 1 heterocycles. The first-order valence-corrected chi connectivity index (χ1v) is 10.6. The second kappa shape index (κ2) is 10.2. The van der Waals surface area contributed by atoms with Crippen LogP contribution in [0.15, 0.2) is 71.8 Å². The number of fused-ring (bicyclic) bond motifs is 1. The smallest absolute Gasteiger partial charge is 0.254 e. The van der Waals surface area contributed by atoms with Crippen molar-refractivity contribution in [3.63, 3.8) is 0 Å². The van der Waals surface area contributed by atoms with Crippen LogP contribution < -0.4 is 10.2 Å². The van der Waals surface area contributed by atoms with Crippen LogP contribution in [0.2, 0.25) is 0 Å². The van der Waals surface area contributed by atoms with E-state index in [1.54, 1.807) is 13.3 Å². The first kappa shape index (κ1) is 21.0. The van der Waals surface area contributed by atoms with Crippen molar-refractivity contribution in [2.24, 2.45) is 5.10 Å². The maximum absolute atomic E-state index is 12.4.